The molecule has 0 N–H and O–H groups in total. The zero-order chi connectivity index (χ0) is 20.2. The van der Waals surface area contributed by atoms with Crippen molar-refractivity contribution in [1.29, 1.82) is 0 Å². The maximum Gasteiger partial charge on any atom is 0.270 e. The van der Waals surface area contributed by atoms with Crippen molar-refractivity contribution >= 4 is 48.1 Å². The minimum absolute atomic E-state index is 0.113. The number of ether oxygens (including phenoxy) is 1. The SMILES string of the molecule is CCOCCn1c(=NC(=O)CS(=O)(=O)C(C)=O)sc2cc([N+](=O)[O-])ccc21. The topological polar surface area (TPSA) is 138 Å². The number of fused-ring (bicyclic) bond motifs is 1. The van der Waals surface area contributed by atoms with E-state index in [1.54, 1.807) is 4.57 Å². The molecule has 146 valence electrons. The molecule has 0 aliphatic carbocycles. The van der Waals surface area contributed by atoms with Crippen LogP contribution >= 0.6 is 11.3 Å². The van der Waals surface area contributed by atoms with Gasteiger partial charge in [0.25, 0.3) is 11.6 Å². The Bertz CT molecular complexity index is 1070. The van der Waals surface area contributed by atoms with Crippen LogP contribution in [-0.2, 0) is 30.7 Å². The molecule has 1 aromatic heterocycles. The molecule has 1 heterocycles. The van der Waals surface area contributed by atoms with Gasteiger partial charge in [0.15, 0.2) is 4.80 Å². The van der Waals surface area contributed by atoms with E-state index in [1.807, 2.05) is 6.92 Å². The first kappa shape index (κ1) is 20.9. The molecule has 0 aliphatic rings. The van der Waals surface area contributed by atoms with E-state index in [0.29, 0.717) is 30.0 Å². The van der Waals surface area contributed by atoms with Crippen LogP contribution in [0.3, 0.4) is 0 Å². The van der Waals surface area contributed by atoms with Crippen LogP contribution in [0.1, 0.15) is 13.8 Å². The maximum atomic E-state index is 12.0. The van der Waals surface area contributed by atoms with Gasteiger partial charge in [-0.15, -0.1) is 0 Å². The molecule has 0 unspecified atom stereocenters. The number of aromatic nitrogens is 1. The summed E-state index contributed by atoms with van der Waals surface area (Å²) < 4.78 is 30.6. The van der Waals surface area contributed by atoms with E-state index < -0.39 is 31.5 Å². The summed E-state index contributed by atoms with van der Waals surface area (Å²) >= 11 is 1.01. The number of nitrogens with zero attached hydrogens (tertiary/aromatic N) is 3. The van der Waals surface area contributed by atoms with E-state index in [-0.39, 0.29) is 10.5 Å². The van der Waals surface area contributed by atoms with E-state index >= 15 is 0 Å². The van der Waals surface area contributed by atoms with Crippen molar-refractivity contribution in [2.45, 2.75) is 20.4 Å². The minimum atomic E-state index is -4.20. The fourth-order valence-electron chi connectivity index (χ4n) is 2.18. The van der Waals surface area contributed by atoms with Gasteiger partial charge >= 0.3 is 0 Å². The van der Waals surface area contributed by atoms with Crippen molar-refractivity contribution in [2.75, 3.05) is 19.0 Å². The highest BCUT2D eigenvalue weighted by Gasteiger charge is 2.22. The molecule has 27 heavy (non-hydrogen) atoms. The molecule has 0 atom stereocenters. The largest absolute Gasteiger partial charge is 0.380 e. The molecule has 0 saturated heterocycles. The van der Waals surface area contributed by atoms with Crippen LogP contribution in [0.2, 0.25) is 0 Å². The number of rotatable bonds is 7. The van der Waals surface area contributed by atoms with Gasteiger partial charge in [0.05, 0.1) is 21.7 Å². The van der Waals surface area contributed by atoms with E-state index in [2.05, 4.69) is 4.99 Å². The van der Waals surface area contributed by atoms with Crippen molar-refractivity contribution in [3.8, 4) is 0 Å². The molecule has 12 heteroatoms. The van der Waals surface area contributed by atoms with E-state index in [0.717, 1.165) is 18.3 Å². The predicted octanol–water partition coefficient (Wildman–Crippen LogP) is 1.04. The van der Waals surface area contributed by atoms with Crippen molar-refractivity contribution in [3.63, 3.8) is 0 Å². The van der Waals surface area contributed by atoms with Gasteiger partial charge in [0.2, 0.25) is 15.0 Å². The van der Waals surface area contributed by atoms with Crippen LogP contribution in [0, 0.1) is 10.1 Å². The van der Waals surface area contributed by atoms with Crippen LogP contribution in [0.15, 0.2) is 23.2 Å². The maximum absolute atomic E-state index is 12.0. The second-order valence-corrected chi connectivity index (χ2v) is 8.50. The Hall–Kier alpha value is -2.44. The first-order valence-electron chi connectivity index (χ1n) is 7.82. The number of sulfone groups is 1. The van der Waals surface area contributed by atoms with Crippen LogP contribution < -0.4 is 4.80 Å². The molecule has 0 radical (unpaired) electrons. The molecule has 10 nitrogen and oxygen atoms in total. The molecule has 2 rings (SSSR count). The molecule has 0 bridgehead atoms. The molecular formula is C15H17N3O7S2. The van der Waals surface area contributed by atoms with Crippen LogP contribution in [-0.4, -0.2) is 47.9 Å². The summed E-state index contributed by atoms with van der Waals surface area (Å²) in [5.41, 5.74) is 0.490. The van der Waals surface area contributed by atoms with Gasteiger partial charge in [0.1, 0.15) is 5.75 Å². The van der Waals surface area contributed by atoms with Gasteiger partial charge in [0, 0.05) is 32.2 Å². The number of hydrogen-bond donors (Lipinski definition) is 0. The summed E-state index contributed by atoms with van der Waals surface area (Å²) in [6.45, 7) is 3.80. The number of non-ortho nitro benzene ring substituents is 1. The summed E-state index contributed by atoms with van der Waals surface area (Å²) in [6.07, 6.45) is 0. The number of thiazole rings is 1. The van der Waals surface area contributed by atoms with Gasteiger partial charge in [-0.2, -0.15) is 4.99 Å². The lowest BCUT2D eigenvalue weighted by molar-refractivity contribution is -0.384. The Kier molecular flexibility index (Phi) is 6.57. The number of nitro groups is 1. The Morgan fingerprint density at radius 3 is 2.67 bits per heavy atom. The third kappa shape index (κ3) is 5.05. The number of hydrogen-bond acceptors (Lipinski definition) is 8. The fraction of sp³-hybridized carbons (Fsp3) is 0.400. The van der Waals surface area contributed by atoms with Gasteiger partial charge in [-0.25, -0.2) is 8.42 Å². The lowest BCUT2D eigenvalue weighted by Gasteiger charge is -2.05. The molecule has 1 aromatic carbocycles. The Morgan fingerprint density at radius 2 is 2.07 bits per heavy atom. The normalized spacial score (nSPS) is 12.4. The van der Waals surface area contributed by atoms with Crippen molar-refractivity contribution in [3.05, 3.63) is 33.1 Å². The number of amides is 1. The monoisotopic (exact) mass is 415 g/mol. The highest BCUT2D eigenvalue weighted by atomic mass is 32.2. The number of benzene rings is 1. The van der Waals surface area contributed by atoms with Crippen molar-refractivity contribution in [2.24, 2.45) is 4.99 Å². The molecule has 0 aliphatic heterocycles. The van der Waals surface area contributed by atoms with Gasteiger partial charge < -0.3 is 9.30 Å². The Morgan fingerprint density at radius 1 is 1.37 bits per heavy atom. The quantitative estimate of drug-likeness (QED) is 0.374. The molecule has 0 spiro atoms. The molecule has 2 aromatic rings. The average Bonchev–Trinajstić information content (AvgIpc) is 2.90. The van der Waals surface area contributed by atoms with E-state index in [9.17, 15) is 28.1 Å². The lowest BCUT2D eigenvalue weighted by Crippen LogP contribution is -2.24. The Labute approximate surface area is 158 Å². The number of nitro benzene ring substituents is 1. The third-order valence-corrected chi connectivity index (χ3v) is 6.06. The van der Waals surface area contributed by atoms with Gasteiger partial charge in [-0.05, 0) is 13.0 Å². The molecule has 1 amide bonds. The predicted molar refractivity (Wildman–Crippen MR) is 98.0 cm³/mol. The summed E-state index contributed by atoms with van der Waals surface area (Å²) in [6, 6.07) is 4.22. The summed E-state index contributed by atoms with van der Waals surface area (Å²) in [7, 11) is -4.20. The van der Waals surface area contributed by atoms with Gasteiger partial charge in [-0.3, -0.25) is 19.7 Å². The molecular weight excluding hydrogens is 398 g/mol. The van der Waals surface area contributed by atoms with E-state index in [4.69, 9.17) is 4.74 Å². The summed E-state index contributed by atoms with van der Waals surface area (Å²) in [5, 5.41) is 9.84. The second kappa shape index (κ2) is 8.50. The zero-order valence-corrected chi connectivity index (χ0v) is 16.2. The highest BCUT2D eigenvalue weighted by Crippen LogP contribution is 2.23. The van der Waals surface area contributed by atoms with E-state index in [1.165, 1.54) is 18.2 Å². The van der Waals surface area contributed by atoms with Gasteiger partial charge in [-0.1, -0.05) is 11.3 Å². The summed E-state index contributed by atoms with van der Waals surface area (Å²) in [4.78, 5) is 37.5. The number of carbonyl (C=O) groups excluding carboxylic acids is 2. The average molecular weight is 415 g/mol. The van der Waals surface area contributed by atoms with Crippen molar-refractivity contribution < 1.29 is 27.7 Å². The first-order valence-corrected chi connectivity index (χ1v) is 10.3. The fourth-order valence-corrected chi connectivity index (χ4v) is 3.88. The zero-order valence-electron chi connectivity index (χ0n) is 14.6. The Balaban J connectivity index is 2.52. The van der Waals surface area contributed by atoms with Crippen LogP contribution in [0.4, 0.5) is 5.69 Å². The molecule has 0 saturated carbocycles. The third-order valence-electron chi connectivity index (χ3n) is 3.51. The number of carbonyl (C=O) groups is 2. The second-order valence-electron chi connectivity index (χ2n) is 5.40. The first-order chi connectivity index (χ1) is 12.7. The smallest absolute Gasteiger partial charge is 0.270 e. The summed E-state index contributed by atoms with van der Waals surface area (Å²) in [5.74, 6) is -2.02. The lowest BCUT2D eigenvalue weighted by atomic mass is 10.3. The minimum Gasteiger partial charge on any atom is -0.380 e. The van der Waals surface area contributed by atoms with Crippen molar-refractivity contribution in [1.82, 2.24) is 4.57 Å². The molecule has 0 fully saturated rings. The van der Waals surface area contributed by atoms with Crippen LogP contribution in [0.5, 0.6) is 0 Å². The standard InChI is InChI=1S/C15H17N3O7S2/c1-3-25-7-6-17-12-5-4-11(18(21)22)8-13(12)26-15(17)16-14(20)9-27(23,24)10(2)19/h4-5,8H,3,6-7,9H2,1-2H3. The van der Waals surface area contributed by atoms with Crippen LogP contribution in [0.25, 0.3) is 10.2 Å². The highest BCUT2D eigenvalue weighted by molar-refractivity contribution is 8.06.